The second-order valence-corrected chi connectivity index (χ2v) is 6.56. The van der Waals surface area contributed by atoms with Crippen molar-refractivity contribution in [2.24, 2.45) is 10.9 Å². The van der Waals surface area contributed by atoms with Crippen molar-refractivity contribution >= 4 is 11.6 Å². The molecular formula is C21H23N3O2. The number of allylic oxidation sites excluding steroid dienone is 3. The van der Waals surface area contributed by atoms with Crippen molar-refractivity contribution in [2.75, 3.05) is 6.54 Å². The summed E-state index contributed by atoms with van der Waals surface area (Å²) in [5.74, 6) is 0.888. The molecule has 3 N–H and O–H groups in total. The maximum atomic E-state index is 13.0. The van der Waals surface area contributed by atoms with E-state index < -0.39 is 5.54 Å². The predicted molar refractivity (Wildman–Crippen MR) is 104 cm³/mol. The molecule has 0 aromatic heterocycles. The Bertz CT molecular complexity index is 835. The smallest absolute Gasteiger partial charge is 0.193 e. The molecule has 2 atom stereocenters. The van der Waals surface area contributed by atoms with E-state index in [4.69, 9.17) is 0 Å². The second kappa shape index (κ2) is 7.54. The third-order valence-electron chi connectivity index (χ3n) is 4.71. The van der Waals surface area contributed by atoms with E-state index in [-0.39, 0.29) is 11.5 Å². The molecule has 26 heavy (non-hydrogen) atoms. The van der Waals surface area contributed by atoms with Gasteiger partial charge >= 0.3 is 0 Å². The Hall–Kier alpha value is -2.92. The average Bonchev–Trinajstić information content (AvgIpc) is 2.97. The highest BCUT2D eigenvalue weighted by Gasteiger charge is 2.41. The molecule has 1 aliphatic carbocycles. The number of aliphatic imine (C=N–C) groups is 1. The molecule has 1 aromatic rings. The lowest BCUT2D eigenvalue weighted by molar-refractivity contribution is 0.102. The molecule has 0 saturated carbocycles. The normalized spacial score (nSPS) is 24.1. The highest BCUT2D eigenvalue weighted by molar-refractivity contribution is 6.17. The minimum Gasteiger partial charge on any atom is -0.508 e. The number of nitrogens with zero attached hydrogens (tertiary/aromatic N) is 1. The van der Waals surface area contributed by atoms with Gasteiger partial charge in [-0.3, -0.25) is 4.79 Å². The van der Waals surface area contributed by atoms with Gasteiger partial charge in [-0.05, 0) is 37.6 Å². The van der Waals surface area contributed by atoms with Crippen LogP contribution in [0.25, 0.3) is 0 Å². The van der Waals surface area contributed by atoms with E-state index in [1.807, 2.05) is 19.1 Å². The number of hydrogen-bond donors (Lipinski definition) is 3. The molecule has 0 fully saturated rings. The molecule has 1 aliphatic heterocycles. The molecule has 134 valence electrons. The molecule has 2 aliphatic rings. The van der Waals surface area contributed by atoms with Crippen LogP contribution in [0, 0.1) is 5.92 Å². The number of aromatic hydroxyl groups is 1. The number of phenols is 1. The van der Waals surface area contributed by atoms with Gasteiger partial charge in [0, 0.05) is 23.9 Å². The molecule has 0 radical (unpaired) electrons. The SMILES string of the molecule is C=CNC1=NC=C(C(=O)c2cccc(O)c2)C1(C)NC[C@H]1C=CC=CC1. The number of phenolic OH excluding ortho intramolecular Hbond substituents is 1. The fourth-order valence-corrected chi connectivity index (χ4v) is 3.18. The molecule has 1 unspecified atom stereocenters. The molecule has 0 spiro atoms. The topological polar surface area (TPSA) is 73.7 Å². The van der Waals surface area contributed by atoms with Gasteiger partial charge in [0.2, 0.25) is 0 Å². The third-order valence-corrected chi connectivity index (χ3v) is 4.71. The highest BCUT2D eigenvalue weighted by atomic mass is 16.3. The van der Waals surface area contributed by atoms with Crippen LogP contribution in [-0.4, -0.2) is 28.8 Å². The van der Waals surface area contributed by atoms with E-state index in [1.165, 1.54) is 6.07 Å². The molecule has 0 amide bonds. The van der Waals surface area contributed by atoms with Gasteiger partial charge in [-0.2, -0.15) is 0 Å². The fraction of sp³-hybridized carbons (Fsp3) is 0.238. The third kappa shape index (κ3) is 3.53. The maximum Gasteiger partial charge on any atom is 0.193 e. The van der Waals surface area contributed by atoms with Crippen LogP contribution in [-0.2, 0) is 0 Å². The summed E-state index contributed by atoms with van der Waals surface area (Å²) in [6.45, 7) is 6.34. The van der Waals surface area contributed by atoms with Crippen LogP contribution in [0.2, 0.25) is 0 Å². The van der Waals surface area contributed by atoms with E-state index >= 15 is 0 Å². The molecular weight excluding hydrogens is 326 g/mol. The van der Waals surface area contributed by atoms with Crippen molar-refractivity contribution in [2.45, 2.75) is 18.9 Å². The van der Waals surface area contributed by atoms with Crippen LogP contribution in [0.4, 0.5) is 0 Å². The van der Waals surface area contributed by atoms with E-state index in [1.54, 1.807) is 30.6 Å². The minimum atomic E-state index is -0.758. The number of nitrogens with one attached hydrogen (secondary N) is 2. The molecule has 0 bridgehead atoms. The van der Waals surface area contributed by atoms with Gasteiger partial charge in [0.25, 0.3) is 0 Å². The van der Waals surface area contributed by atoms with Gasteiger partial charge in [0.1, 0.15) is 17.1 Å². The number of amidine groups is 1. The first-order valence-corrected chi connectivity index (χ1v) is 8.63. The molecule has 5 nitrogen and oxygen atoms in total. The Kier molecular flexibility index (Phi) is 5.19. The molecule has 1 aromatic carbocycles. The van der Waals surface area contributed by atoms with Crippen LogP contribution in [0.5, 0.6) is 5.75 Å². The summed E-state index contributed by atoms with van der Waals surface area (Å²) in [6.07, 6.45) is 12.5. The quantitative estimate of drug-likeness (QED) is 0.690. The van der Waals surface area contributed by atoms with Crippen molar-refractivity contribution in [3.05, 3.63) is 78.7 Å². The lowest BCUT2D eigenvalue weighted by atomic mass is 9.86. The first-order chi connectivity index (χ1) is 12.5. The highest BCUT2D eigenvalue weighted by Crippen LogP contribution is 2.29. The largest absolute Gasteiger partial charge is 0.508 e. The summed E-state index contributed by atoms with van der Waals surface area (Å²) in [5, 5.41) is 16.2. The summed E-state index contributed by atoms with van der Waals surface area (Å²) in [7, 11) is 0. The van der Waals surface area contributed by atoms with Crippen molar-refractivity contribution in [1.82, 2.24) is 10.6 Å². The van der Waals surface area contributed by atoms with Crippen LogP contribution in [0.15, 0.2) is 78.1 Å². The minimum absolute atomic E-state index is 0.0635. The summed E-state index contributed by atoms with van der Waals surface area (Å²) >= 11 is 0. The Morgan fingerprint density at radius 1 is 1.46 bits per heavy atom. The average molecular weight is 349 g/mol. The number of Topliss-reactive ketones (excluding diaryl/α,β-unsaturated/α-hetero) is 1. The summed E-state index contributed by atoms with van der Waals surface area (Å²) in [6, 6.07) is 6.36. The van der Waals surface area contributed by atoms with Gasteiger partial charge in [-0.25, -0.2) is 4.99 Å². The number of ketones is 1. The van der Waals surface area contributed by atoms with Crippen LogP contribution < -0.4 is 10.6 Å². The monoisotopic (exact) mass is 349 g/mol. The van der Waals surface area contributed by atoms with E-state index in [0.29, 0.717) is 29.4 Å². The summed E-state index contributed by atoms with van der Waals surface area (Å²) in [5.41, 5.74) is 0.203. The second-order valence-electron chi connectivity index (χ2n) is 6.56. The van der Waals surface area contributed by atoms with Crippen molar-refractivity contribution < 1.29 is 9.90 Å². The Morgan fingerprint density at radius 2 is 2.31 bits per heavy atom. The molecule has 3 rings (SSSR count). The number of benzene rings is 1. The van der Waals surface area contributed by atoms with Gasteiger partial charge in [-0.15, -0.1) is 0 Å². The Labute approximate surface area is 153 Å². The van der Waals surface area contributed by atoms with E-state index in [2.05, 4.69) is 34.4 Å². The van der Waals surface area contributed by atoms with Gasteiger partial charge in [0.05, 0.1) is 0 Å². The Morgan fingerprint density at radius 3 is 3.00 bits per heavy atom. The zero-order valence-corrected chi connectivity index (χ0v) is 14.8. The number of carbonyl (C=O) groups is 1. The van der Waals surface area contributed by atoms with Gasteiger partial charge in [-0.1, -0.05) is 43.0 Å². The summed E-state index contributed by atoms with van der Waals surface area (Å²) in [4.78, 5) is 17.4. The fourth-order valence-electron chi connectivity index (χ4n) is 3.18. The van der Waals surface area contributed by atoms with Crippen molar-refractivity contribution in [3.8, 4) is 5.75 Å². The summed E-state index contributed by atoms with van der Waals surface area (Å²) < 4.78 is 0. The van der Waals surface area contributed by atoms with Crippen LogP contribution in [0.1, 0.15) is 23.7 Å². The first kappa shape index (κ1) is 17.9. The number of hydrogen-bond acceptors (Lipinski definition) is 5. The van der Waals surface area contributed by atoms with E-state index in [9.17, 15) is 9.90 Å². The van der Waals surface area contributed by atoms with Crippen LogP contribution >= 0.6 is 0 Å². The zero-order chi connectivity index (χ0) is 18.6. The van der Waals surface area contributed by atoms with Crippen molar-refractivity contribution in [1.29, 1.82) is 0 Å². The van der Waals surface area contributed by atoms with Crippen LogP contribution in [0.3, 0.4) is 0 Å². The number of carbonyl (C=O) groups excluding carboxylic acids is 1. The zero-order valence-electron chi connectivity index (χ0n) is 14.8. The van der Waals surface area contributed by atoms with Gasteiger partial charge in [0.15, 0.2) is 5.78 Å². The molecule has 0 saturated heterocycles. The predicted octanol–water partition coefficient (Wildman–Crippen LogP) is 3.08. The Balaban J connectivity index is 1.83. The lowest BCUT2D eigenvalue weighted by Gasteiger charge is -2.32. The van der Waals surface area contributed by atoms with Gasteiger partial charge < -0.3 is 15.7 Å². The van der Waals surface area contributed by atoms with E-state index in [0.717, 1.165) is 6.42 Å². The molecule has 1 heterocycles. The standard InChI is InChI=1S/C21H23N3O2/c1-3-22-20-21(2,24-13-15-8-5-4-6-9-15)18(14-23-20)19(26)16-10-7-11-17(25)12-16/h3-8,10-12,14-15,24-25H,1,9,13H2,2H3,(H,22,23)/t15-,21?/m0/s1. The lowest BCUT2D eigenvalue weighted by Crippen LogP contribution is -2.55. The van der Waals surface area contributed by atoms with Crippen molar-refractivity contribution in [3.63, 3.8) is 0 Å². The molecule has 5 heteroatoms. The first-order valence-electron chi connectivity index (χ1n) is 8.63. The maximum absolute atomic E-state index is 13.0. The number of rotatable bonds is 6.